The second-order valence-corrected chi connectivity index (χ2v) is 4.31. The largest absolute Gasteiger partial charge is 0.464 e. The van der Waals surface area contributed by atoms with Gasteiger partial charge in [0.25, 0.3) is 0 Å². The van der Waals surface area contributed by atoms with Gasteiger partial charge in [0.2, 0.25) is 0 Å². The molecule has 0 fully saturated rings. The Kier molecular flexibility index (Phi) is 2.75. The summed E-state index contributed by atoms with van der Waals surface area (Å²) in [5.41, 5.74) is 2.75. The number of ether oxygens (including phenoxy) is 1. The normalized spacial score (nSPS) is 13.4. The van der Waals surface area contributed by atoms with Gasteiger partial charge in [0, 0.05) is 25.7 Å². The van der Waals surface area contributed by atoms with E-state index in [2.05, 4.69) is 20.3 Å². The number of fused-ring (bicyclic) bond motifs is 1. The number of hydrogen-bond acceptors (Lipinski definition) is 6. The molecular weight excluding hydrogens is 246 g/mol. The molecule has 1 aliphatic rings. The summed E-state index contributed by atoms with van der Waals surface area (Å²) in [7, 11) is 3.21. The minimum Gasteiger partial charge on any atom is -0.464 e. The quantitative estimate of drug-likeness (QED) is 0.779. The Balaban J connectivity index is 2.18. The topological polar surface area (TPSA) is 81.9 Å². The standard InChI is InChI=1S/C12H13N5O2/c1-17-6-14-5-9(17)11-15-8-4-13-3-7(8)10(16-11)12(18)19-2/h5-6,13H,3-4H2,1-2H3. The van der Waals surface area contributed by atoms with Gasteiger partial charge in [-0.2, -0.15) is 0 Å². The Bertz CT molecular complexity index is 650. The fraction of sp³-hybridized carbons (Fsp3) is 0.333. The summed E-state index contributed by atoms with van der Waals surface area (Å²) in [6.07, 6.45) is 3.34. The molecule has 3 heterocycles. The van der Waals surface area contributed by atoms with Crippen molar-refractivity contribution in [2.45, 2.75) is 13.1 Å². The molecule has 0 atom stereocenters. The van der Waals surface area contributed by atoms with Gasteiger partial charge in [-0.25, -0.2) is 19.7 Å². The van der Waals surface area contributed by atoms with Crippen LogP contribution in [0.25, 0.3) is 11.5 Å². The number of rotatable bonds is 2. The van der Waals surface area contributed by atoms with Gasteiger partial charge in [-0.1, -0.05) is 0 Å². The molecule has 0 bridgehead atoms. The fourth-order valence-corrected chi connectivity index (χ4v) is 2.12. The molecule has 0 spiro atoms. The van der Waals surface area contributed by atoms with Gasteiger partial charge >= 0.3 is 5.97 Å². The van der Waals surface area contributed by atoms with E-state index in [0.717, 1.165) is 17.0 Å². The zero-order chi connectivity index (χ0) is 13.4. The minimum absolute atomic E-state index is 0.328. The van der Waals surface area contributed by atoms with Crippen LogP contribution in [0.5, 0.6) is 0 Å². The summed E-state index contributed by atoms with van der Waals surface area (Å²) in [6.45, 7) is 1.22. The van der Waals surface area contributed by atoms with Crippen LogP contribution in [0.4, 0.5) is 0 Å². The molecule has 0 amide bonds. The minimum atomic E-state index is -0.439. The second kappa shape index (κ2) is 4.43. The van der Waals surface area contributed by atoms with Crippen molar-refractivity contribution in [1.29, 1.82) is 0 Å². The predicted molar refractivity (Wildman–Crippen MR) is 66.1 cm³/mol. The van der Waals surface area contributed by atoms with E-state index in [9.17, 15) is 4.79 Å². The average Bonchev–Trinajstić information content (AvgIpc) is 3.04. The lowest BCUT2D eigenvalue weighted by Crippen LogP contribution is -2.12. The van der Waals surface area contributed by atoms with Crippen LogP contribution in [0.3, 0.4) is 0 Å². The lowest BCUT2D eigenvalue weighted by Gasteiger charge is -2.08. The van der Waals surface area contributed by atoms with Gasteiger partial charge in [0.1, 0.15) is 5.69 Å². The molecule has 0 unspecified atom stereocenters. The maximum absolute atomic E-state index is 11.8. The number of aryl methyl sites for hydroxylation is 1. The molecular formula is C12H13N5O2. The number of carbonyl (C=O) groups excluding carboxylic acids is 1. The smallest absolute Gasteiger partial charge is 0.357 e. The van der Waals surface area contributed by atoms with E-state index in [1.807, 2.05) is 11.6 Å². The second-order valence-electron chi connectivity index (χ2n) is 4.31. The van der Waals surface area contributed by atoms with Gasteiger partial charge in [-0.15, -0.1) is 0 Å². The first-order chi connectivity index (χ1) is 9.20. The number of nitrogens with one attached hydrogen (secondary N) is 1. The van der Waals surface area contributed by atoms with Gasteiger partial charge in [0.15, 0.2) is 11.5 Å². The van der Waals surface area contributed by atoms with E-state index in [0.29, 0.717) is 24.6 Å². The monoisotopic (exact) mass is 259 g/mol. The highest BCUT2D eigenvalue weighted by Gasteiger charge is 2.24. The molecule has 98 valence electrons. The molecule has 3 rings (SSSR count). The van der Waals surface area contributed by atoms with E-state index in [1.54, 1.807) is 12.5 Å². The lowest BCUT2D eigenvalue weighted by molar-refractivity contribution is 0.0592. The summed E-state index contributed by atoms with van der Waals surface area (Å²) in [5, 5.41) is 3.16. The molecule has 0 aromatic carbocycles. The van der Waals surface area contributed by atoms with Crippen molar-refractivity contribution < 1.29 is 9.53 Å². The molecule has 0 radical (unpaired) electrons. The van der Waals surface area contributed by atoms with Crippen molar-refractivity contribution in [2.24, 2.45) is 7.05 Å². The molecule has 1 aliphatic heterocycles. The predicted octanol–water partition coefficient (Wildman–Crippen LogP) is 0.267. The van der Waals surface area contributed by atoms with E-state index in [1.165, 1.54) is 7.11 Å². The lowest BCUT2D eigenvalue weighted by atomic mass is 10.2. The van der Waals surface area contributed by atoms with Crippen LogP contribution in [0.2, 0.25) is 0 Å². The first-order valence-electron chi connectivity index (χ1n) is 5.86. The summed E-state index contributed by atoms with van der Waals surface area (Å²) in [5.74, 6) is 0.0496. The number of aromatic nitrogens is 4. The van der Waals surface area contributed by atoms with Crippen molar-refractivity contribution in [1.82, 2.24) is 24.8 Å². The average molecular weight is 259 g/mol. The van der Waals surface area contributed by atoms with Gasteiger partial charge in [-0.05, 0) is 0 Å². The summed E-state index contributed by atoms with van der Waals surface area (Å²) in [4.78, 5) is 24.7. The maximum atomic E-state index is 11.8. The highest BCUT2D eigenvalue weighted by Crippen LogP contribution is 2.22. The van der Waals surface area contributed by atoms with E-state index >= 15 is 0 Å². The third kappa shape index (κ3) is 1.88. The highest BCUT2D eigenvalue weighted by molar-refractivity contribution is 5.89. The third-order valence-corrected chi connectivity index (χ3v) is 3.11. The molecule has 2 aromatic rings. The van der Waals surface area contributed by atoms with Gasteiger partial charge in [0.05, 0.1) is 25.3 Å². The van der Waals surface area contributed by atoms with Crippen LogP contribution in [-0.2, 0) is 24.9 Å². The van der Waals surface area contributed by atoms with E-state index < -0.39 is 5.97 Å². The Hall–Kier alpha value is -2.28. The van der Waals surface area contributed by atoms with Crippen LogP contribution in [0.15, 0.2) is 12.5 Å². The Morgan fingerprint density at radius 3 is 2.95 bits per heavy atom. The zero-order valence-electron chi connectivity index (χ0n) is 10.7. The molecule has 19 heavy (non-hydrogen) atoms. The number of carbonyl (C=O) groups is 1. The van der Waals surface area contributed by atoms with Gasteiger partial charge in [-0.3, -0.25) is 0 Å². The molecule has 0 saturated heterocycles. The van der Waals surface area contributed by atoms with Gasteiger partial charge < -0.3 is 14.6 Å². The van der Waals surface area contributed by atoms with Crippen LogP contribution < -0.4 is 5.32 Å². The van der Waals surface area contributed by atoms with Crippen molar-refractivity contribution in [2.75, 3.05) is 7.11 Å². The van der Waals surface area contributed by atoms with Crippen molar-refractivity contribution in [3.63, 3.8) is 0 Å². The van der Waals surface area contributed by atoms with Crippen molar-refractivity contribution in [3.05, 3.63) is 29.5 Å². The van der Waals surface area contributed by atoms with Crippen LogP contribution in [0.1, 0.15) is 21.7 Å². The third-order valence-electron chi connectivity index (χ3n) is 3.11. The van der Waals surface area contributed by atoms with E-state index in [-0.39, 0.29) is 0 Å². The zero-order valence-corrected chi connectivity index (χ0v) is 10.7. The maximum Gasteiger partial charge on any atom is 0.357 e. The Morgan fingerprint density at radius 1 is 1.42 bits per heavy atom. The molecule has 0 aliphatic carbocycles. The molecule has 7 heteroatoms. The van der Waals surface area contributed by atoms with Crippen LogP contribution in [-0.4, -0.2) is 32.6 Å². The number of methoxy groups -OCH3 is 1. The first-order valence-corrected chi connectivity index (χ1v) is 5.86. The van der Waals surface area contributed by atoms with Crippen molar-refractivity contribution in [3.8, 4) is 11.5 Å². The van der Waals surface area contributed by atoms with Crippen LogP contribution in [0, 0.1) is 0 Å². The SMILES string of the molecule is COC(=O)c1nc(-c2cncn2C)nc2c1CNC2. The fourth-order valence-electron chi connectivity index (χ4n) is 2.12. The highest BCUT2D eigenvalue weighted by atomic mass is 16.5. The summed E-state index contributed by atoms with van der Waals surface area (Å²) >= 11 is 0. The first kappa shape index (κ1) is 11.8. The Morgan fingerprint density at radius 2 is 2.26 bits per heavy atom. The number of hydrogen-bond donors (Lipinski definition) is 1. The number of esters is 1. The van der Waals surface area contributed by atoms with E-state index in [4.69, 9.17) is 4.74 Å². The Labute approximate surface area is 109 Å². The molecule has 1 N–H and O–H groups in total. The molecule has 2 aromatic heterocycles. The molecule has 7 nitrogen and oxygen atoms in total. The number of nitrogens with zero attached hydrogens (tertiary/aromatic N) is 4. The molecule has 0 saturated carbocycles. The van der Waals surface area contributed by atoms with Crippen molar-refractivity contribution >= 4 is 5.97 Å². The number of imidazole rings is 1. The summed E-state index contributed by atoms with van der Waals surface area (Å²) in [6, 6.07) is 0. The summed E-state index contributed by atoms with van der Waals surface area (Å²) < 4.78 is 6.60. The van der Waals surface area contributed by atoms with Crippen LogP contribution >= 0.6 is 0 Å².